The van der Waals surface area contributed by atoms with Crippen LogP contribution in [-0.4, -0.2) is 26.1 Å². The van der Waals surface area contributed by atoms with E-state index in [1.165, 1.54) is 0 Å². The molecule has 0 radical (unpaired) electrons. The fourth-order valence-electron chi connectivity index (χ4n) is 1.35. The second kappa shape index (κ2) is 7.26. The molecule has 0 spiro atoms. The SMILES string of the molecule is COc1cc(Br)cc(NCC(=O)NCC(C)C)c1. The van der Waals surface area contributed by atoms with Gasteiger partial charge in [-0.3, -0.25) is 4.79 Å². The molecule has 5 heteroatoms. The lowest BCUT2D eigenvalue weighted by Gasteiger charge is -2.10. The van der Waals surface area contributed by atoms with E-state index in [0.717, 1.165) is 15.9 Å². The monoisotopic (exact) mass is 314 g/mol. The summed E-state index contributed by atoms with van der Waals surface area (Å²) < 4.78 is 6.06. The number of ether oxygens (including phenoxy) is 1. The normalized spacial score (nSPS) is 10.3. The topological polar surface area (TPSA) is 50.4 Å². The number of hydrogen-bond donors (Lipinski definition) is 2. The minimum absolute atomic E-state index is 0.0114. The summed E-state index contributed by atoms with van der Waals surface area (Å²) in [6.07, 6.45) is 0. The zero-order chi connectivity index (χ0) is 13.5. The van der Waals surface area contributed by atoms with E-state index in [1.54, 1.807) is 7.11 Å². The van der Waals surface area contributed by atoms with Crippen LogP contribution in [0.25, 0.3) is 0 Å². The quantitative estimate of drug-likeness (QED) is 0.848. The number of rotatable bonds is 6. The lowest BCUT2D eigenvalue weighted by atomic mass is 10.2. The van der Waals surface area contributed by atoms with Crippen molar-refractivity contribution in [3.8, 4) is 5.75 Å². The maximum atomic E-state index is 11.5. The Morgan fingerprint density at radius 1 is 1.39 bits per heavy atom. The van der Waals surface area contributed by atoms with Gasteiger partial charge in [0.25, 0.3) is 0 Å². The number of methoxy groups -OCH3 is 1. The lowest BCUT2D eigenvalue weighted by molar-refractivity contribution is -0.119. The minimum atomic E-state index is -0.0114. The van der Waals surface area contributed by atoms with Crippen molar-refractivity contribution in [1.29, 1.82) is 0 Å². The second-order valence-corrected chi connectivity index (χ2v) is 5.35. The van der Waals surface area contributed by atoms with Crippen molar-refractivity contribution in [2.45, 2.75) is 13.8 Å². The standard InChI is InChI=1S/C13H19BrN2O2/c1-9(2)7-16-13(17)8-15-11-4-10(14)5-12(6-11)18-3/h4-6,9,15H,7-8H2,1-3H3,(H,16,17). The van der Waals surface area contributed by atoms with E-state index in [0.29, 0.717) is 12.5 Å². The van der Waals surface area contributed by atoms with Gasteiger partial charge < -0.3 is 15.4 Å². The van der Waals surface area contributed by atoms with Gasteiger partial charge in [-0.15, -0.1) is 0 Å². The zero-order valence-electron chi connectivity index (χ0n) is 10.9. The first kappa shape index (κ1) is 14.8. The zero-order valence-corrected chi connectivity index (χ0v) is 12.5. The summed E-state index contributed by atoms with van der Waals surface area (Å²) in [6.45, 7) is 5.08. The first-order valence-electron chi connectivity index (χ1n) is 5.86. The second-order valence-electron chi connectivity index (χ2n) is 4.43. The van der Waals surface area contributed by atoms with E-state index in [-0.39, 0.29) is 12.5 Å². The van der Waals surface area contributed by atoms with Crippen LogP contribution in [0.5, 0.6) is 5.75 Å². The van der Waals surface area contributed by atoms with Gasteiger partial charge >= 0.3 is 0 Å². The minimum Gasteiger partial charge on any atom is -0.497 e. The number of halogens is 1. The molecule has 0 saturated carbocycles. The van der Waals surface area contributed by atoms with Crippen molar-refractivity contribution in [2.75, 3.05) is 25.5 Å². The van der Waals surface area contributed by atoms with E-state index in [1.807, 2.05) is 18.2 Å². The summed E-state index contributed by atoms with van der Waals surface area (Å²) >= 11 is 3.39. The van der Waals surface area contributed by atoms with Crippen LogP contribution in [0, 0.1) is 5.92 Å². The molecule has 0 bridgehead atoms. The molecule has 0 aliphatic rings. The number of benzene rings is 1. The molecule has 0 unspecified atom stereocenters. The molecule has 0 atom stereocenters. The molecule has 1 aromatic rings. The average molecular weight is 315 g/mol. The van der Waals surface area contributed by atoms with Crippen molar-refractivity contribution < 1.29 is 9.53 Å². The highest BCUT2D eigenvalue weighted by Crippen LogP contribution is 2.24. The third-order valence-electron chi connectivity index (χ3n) is 2.27. The molecule has 0 saturated heterocycles. The summed E-state index contributed by atoms with van der Waals surface area (Å²) in [5.74, 6) is 1.19. The molecule has 1 rings (SSSR count). The van der Waals surface area contributed by atoms with Gasteiger partial charge in [-0.05, 0) is 18.1 Å². The summed E-state index contributed by atoms with van der Waals surface area (Å²) in [5.41, 5.74) is 0.848. The van der Waals surface area contributed by atoms with Gasteiger partial charge in [0.15, 0.2) is 0 Å². The van der Waals surface area contributed by atoms with Gasteiger partial charge in [-0.1, -0.05) is 29.8 Å². The molecule has 1 amide bonds. The Bertz CT molecular complexity index is 408. The molecule has 0 aromatic heterocycles. The predicted molar refractivity (Wildman–Crippen MR) is 77.0 cm³/mol. The van der Waals surface area contributed by atoms with E-state index >= 15 is 0 Å². The summed E-state index contributed by atoms with van der Waals surface area (Å²) in [4.78, 5) is 11.5. The molecule has 0 aliphatic heterocycles. The first-order chi connectivity index (χ1) is 8.51. The first-order valence-corrected chi connectivity index (χ1v) is 6.65. The number of hydrogen-bond acceptors (Lipinski definition) is 3. The molecule has 1 aromatic carbocycles. The molecule has 4 nitrogen and oxygen atoms in total. The Balaban J connectivity index is 2.47. The van der Waals surface area contributed by atoms with Crippen LogP contribution < -0.4 is 15.4 Å². The number of amides is 1. The maximum Gasteiger partial charge on any atom is 0.239 e. The number of carbonyl (C=O) groups excluding carboxylic acids is 1. The number of carbonyl (C=O) groups is 1. The summed E-state index contributed by atoms with van der Waals surface area (Å²) in [6, 6.07) is 5.61. The molecule has 18 heavy (non-hydrogen) atoms. The van der Waals surface area contributed by atoms with Gasteiger partial charge in [0.05, 0.1) is 13.7 Å². The molecule has 100 valence electrons. The number of nitrogens with one attached hydrogen (secondary N) is 2. The van der Waals surface area contributed by atoms with Crippen LogP contribution in [-0.2, 0) is 4.79 Å². The van der Waals surface area contributed by atoms with Gasteiger partial charge in [-0.2, -0.15) is 0 Å². The molecule has 0 aliphatic carbocycles. The Kier molecular flexibility index (Phi) is 5.98. The molecule has 0 fully saturated rings. The van der Waals surface area contributed by atoms with Crippen LogP contribution in [0.2, 0.25) is 0 Å². The summed E-state index contributed by atoms with van der Waals surface area (Å²) in [7, 11) is 1.61. The van der Waals surface area contributed by atoms with Crippen molar-refractivity contribution >= 4 is 27.5 Å². The largest absolute Gasteiger partial charge is 0.497 e. The highest BCUT2D eigenvalue weighted by molar-refractivity contribution is 9.10. The Morgan fingerprint density at radius 3 is 2.72 bits per heavy atom. The lowest BCUT2D eigenvalue weighted by Crippen LogP contribution is -2.32. The van der Waals surface area contributed by atoms with Gasteiger partial charge in [-0.25, -0.2) is 0 Å². The molecular formula is C13H19BrN2O2. The van der Waals surface area contributed by atoms with Crippen molar-refractivity contribution in [3.63, 3.8) is 0 Å². The maximum absolute atomic E-state index is 11.5. The predicted octanol–water partition coefficient (Wildman–Crippen LogP) is 2.64. The fourth-order valence-corrected chi connectivity index (χ4v) is 1.82. The van der Waals surface area contributed by atoms with E-state index in [9.17, 15) is 4.79 Å². The van der Waals surface area contributed by atoms with E-state index in [4.69, 9.17) is 4.74 Å². The van der Waals surface area contributed by atoms with E-state index in [2.05, 4.69) is 40.4 Å². The third-order valence-corrected chi connectivity index (χ3v) is 2.73. The molecule has 2 N–H and O–H groups in total. The van der Waals surface area contributed by atoms with Crippen LogP contribution in [0.3, 0.4) is 0 Å². The highest BCUT2D eigenvalue weighted by atomic mass is 79.9. The smallest absolute Gasteiger partial charge is 0.239 e. The van der Waals surface area contributed by atoms with Crippen LogP contribution in [0.4, 0.5) is 5.69 Å². The number of anilines is 1. The average Bonchev–Trinajstić information content (AvgIpc) is 2.33. The van der Waals surface area contributed by atoms with Gasteiger partial charge in [0.2, 0.25) is 5.91 Å². The van der Waals surface area contributed by atoms with Crippen molar-refractivity contribution in [1.82, 2.24) is 5.32 Å². The molecule has 0 heterocycles. The third kappa shape index (κ3) is 5.40. The molecular weight excluding hydrogens is 296 g/mol. The van der Waals surface area contributed by atoms with Gasteiger partial charge in [0.1, 0.15) is 5.75 Å². The van der Waals surface area contributed by atoms with Crippen molar-refractivity contribution in [3.05, 3.63) is 22.7 Å². The van der Waals surface area contributed by atoms with Crippen LogP contribution in [0.15, 0.2) is 22.7 Å². The fraction of sp³-hybridized carbons (Fsp3) is 0.462. The Morgan fingerprint density at radius 2 is 2.11 bits per heavy atom. The van der Waals surface area contributed by atoms with E-state index < -0.39 is 0 Å². The Labute approximate surface area is 116 Å². The van der Waals surface area contributed by atoms with Gasteiger partial charge in [0, 0.05) is 22.8 Å². The van der Waals surface area contributed by atoms with Crippen LogP contribution in [0.1, 0.15) is 13.8 Å². The highest BCUT2D eigenvalue weighted by Gasteiger charge is 2.04. The van der Waals surface area contributed by atoms with Crippen LogP contribution >= 0.6 is 15.9 Å². The Hall–Kier alpha value is -1.23. The summed E-state index contributed by atoms with van der Waals surface area (Å²) in [5, 5.41) is 5.91. The van der Waals surface area contributed by atoms with Crippen molar-refractivity contribution in [2.24, 2.45) is 5.92 Å².